The number of carbonyl (C=O) groups is 1. The van der Waals surface area contributed by atoms with Crippen LogP contribution in [0.5, 0.6) is 5.75 Å². The van der Waals surface area contributed by atoms with E-state index < -0.39 is 22.0 Å². The molecule has 0 aliphatic rings. The maximum absolute atomic E-state index is 12.7. The first-order valence-electron chi connectivity index (χ1n) is 10.1. The van der Waals surface area contributed by atoms with E-state index in [2.05, 4.69) is 20.0 Å². The van der Waals surface area contributed by atoms with E-state index in [0.717, 1.165) is 22.5 Å². The number of ether oxygens (including phenoxy) is 1. The van der Waals surface area contributed by atoms with Gasteiger partial charge in [0.1, 0.15) is 10.8 Å². The zero-order valence-corrected chi connectivity index (χ0v) is 19.7. The van der Waals surface area contributed by atoms with Crippen LogP contribution in [0.3, 0.4) is 0 Å². The first kappa shape index (κ1) is 23.5. The topological polar surface area (TPSA) is 136 Å². The molecule has 0 spiro atoms. The first-order valence-corrected chi connectivity index (χ1v) is 12.4. The smallest absolute Gasteiger partial charge is 0.328 e. The largest absolute Gasteiger partial charge is 0.497 e. The lowest BCUT2D eigenvalue weighted by molar-refractivity contribution is -0.141. The highest BCUT2D eigenvalue weighted by Crippen LogP contribution is 2.27. The summed E-state index contributed by atoms with van der Waals surface area (Å²) in [5.41, 5.74) is 1.90. The van der Waals surface area contributed by atoms with E-state index in [4.69, 9.17) is 4.74 Å². The molecule has 2 aromatic heterocycles. The second-order valence-electron chi connectivity index (χ2n) is 7.27. The summed E-state index contributed by atoms with van der Waals surface area (Å²) in [4.78, 5) is 16.0. The van der Waals surface area contributed by atoms with Crippen molar-refractivity contribution in [1.82, 2.24) is 24.7 Å². The van der Waals surface area contributed by atoms with E-state index in [1.54, 1.807) is 31.4 Å². The number of hydrogen-bond donors (Lipinski definition) is 2. The van der Waals surface area contributed by atoms with Gasteiger partial charge in [-0.05, 0) is 17.7 Å². The summed E-state index contributed by atoms with van der Waals surface area (Å²) in [7, 11) is -2.27. The molecular formula is C22H21N5O5S2. The molecule has 2 heterocycles. The van der Waals surface area contributed by atoms with Crippen LogP contribution in [0.15, 0.2) is 71.2 Å². The first-order chi connectivity index (χ1) is 16.4. The van der Waals surface area contributed by atoms with Crippen molar-refractivity contribution in [2.75, 3.05) is 7.11 Å². The van der Waals surface area contributed by atoms with Crippen molar-refractivity contribution < 1.29 is 23.1 Å². The second kappa shape index (κ2) is 10.1. The molecule has 2 N–H and O–H groups in total. The number of rotatable bonds is 10. The number of sulfonamides is 1. The number of benzene rings is 2. The average Bonchev–Trinajstić information content (AvgIpc) is 3.53. The fourth-order valence-corrected chi connectivity index (χ4v) is 5.34. The molecule has 0 radical (unpaired) electrons. The zero-order chi connectivity index (χ0) is 24.1. The van der Waals surface area contributed by atoms with Crippen LogP contribution in [0, 0.1) is 0 Å². The Bertz CT molecular complexity index is 1370. The van der Waals surface area contributed by atoms with E-state index in [1.807, 2.05) is 30.3 Å². The van der Waals surface area contributed by atoms with Crippen LogP contribution in [0.25, 0.3) is 10.6 Å². The number of nitrogens with zero attached hydrogens (tertiary/aromatic N) is 4. The van der Waals surface area contributed by atoms with Crippen molar-refractivity contribution in [2.24, 2.45) is 0 Å². The van der Waals surface area contributed by atoms with Crippen molar-refractivity contribution in [3.05, 3.63) is 78.2 Å². The van der Waals surface area contributed by atoms with Gasteiger partial charge in [-0.15, -0.1) is 16.4 Å². The molecule has 0 aliphatic heterocycles. The third-order valence-corrected chi connectivity index (χ3v) is 7.87. The number of nitrogens with one attached hydrogen (secondary N) is 1. The van der Waals surface area contributed by atoms with Gasteiger partial charge in [0.25, 0.3) is 10.0 Å². The lowest BCUT2D eigenvalue weighted by Crippen LogP contribution is -2.23. The van der Waals surface area contributed by atoms with Gasteiger partial charge in [-0.3, -0.25) is 0 Å². The van der Waals surface area contributed by atoms with Crippen LogP contribution >= 0.6 is 11.3 Å². The molecule has 176 valence electrons. The van der Waals surface area contributed by atoms with Gasteiger partial charge in [0.2, 0.25) is 0 Å². The Hall–Kier alpha value is -3.61. The van der Waals surface area contributed by atoms with Crippen LogP contribution in [0.1, 0.15) is 17.3 Å². The van der Waals surface area contributed by atoms with Gasteiger partial charge in [-0.2, -0.15) is 0 Å². The minimum absolute atomic E-state index is 0.0710. The molecule has 1 atom stereocenters. The summed E-state index contributed by atoms with van der Waals surface area (Å²) in [5.74, 6) is -0.409. The number of hydrogen-bond acceptors (Lipinski definition) is 8. The monoisotopic (exact) mass is 499 g/mol. The third-order valence-electron chi connectivity index (χ3n) is 4.96. The van der Waals surface area contributed by atoms with Crippen LogP contribution in [0.2, 0.25) is 0 Å². The van der Waals surface area contributed by atoms with Crippen molar-refractivity contribution in [2.45, 2.75) is 23.2 Å². The van der Waals surface area contributed by atoms with Crippen LogP contribution in [-0.2, 0) is 27.8 Å². The molecule has 10 nitrogen and oxygen atoms in total. The SMILES string of the molecule is COc1ccc(CC(C(=O)O)n2cc(CNS(=O)(=O)c3cnc(-c4ccccc4)s3)nn2)cc1. The van der Waals surface area contributed by atoms with Gasteiger partial charge in [-0.1, -0.05) is 47.7 Å². The quantitative estimate of drug-likeness (QED) is 0.340. The Morgan fingerprint density at radius 1 is 1.18 bits per heavy atom. The molecule has 34 heavy (non-hydrogen) atoms. The molecule has 0 saturated heterocycles. The molecule has 0 amide bonds. The number of carboxylic acid groups (broad SMARTS) is 1. The zero-order valence-electron chi connectivity index (χ0n) is 18.0. The Kier molecular flexibility index (Phi) is 7.01. The summed E-state index contributed by atoms with van der Waals surface area (Å²) in [6, 6.07) is 15.3. The maximum atomic E-state index is 12.7. The minimum Gasteiger partial charge on any atom is -0.497 e. The van der Waals surface area contributed by atoms with Crippen LogP contribution in [0.4, 0.5) is 0 Å². The molecule has 0 aliphatic carbocycles. The van der Waals surface area contributed by atoms with Crippen molar-refractivity contribution in [1.29, 1.82) is 0 Å². The highest BCUT2D eigenvalue weighted by molar-refractivity contribution is 7.91. The van der Waals surface area contributed by atoms with Gasteiger partial charge in [0.15, 0.2) is 10.3 Å². The standard InChI is InChI=1S/C22H21N5O5S2/c1-32-18-9-7-15(8-10-18)11-19(22(28)29)27-14-17(25-26-27)12-24-34(30,31)20-13-23-21(33-20)16-5-3-2-4-6-16/h2-10,13-14,19,24H,11-12H2,1H3,(H,28,29). The van der Waals surface area contributed by atoms with Gasteiger partial charge < -0.3 is 9.84 Å². The predicted octanol–water partition coefficient (Wildman–Crippen LogP) is 2.76. The van der Waals surface area contributed by atoms with E-state index in [1.165, 1.54) is 17.1 Å². The summed E-state index contributed by atoms with van der Waals surface area (Å²) >= 11 is 1.06. The Morgan fingerprint density at radius 3 is 2.59 bits per heavy atom. The van der Waals surface area contributed by atoms with Gasteiger partial charge in [0.05, 0.1) is 31.7 Å². The molecule has 0 bridgehead atoms. The molecule has 4 rings (SSSR count). The molecule has 12 heteroatoms. The predicted molar refractivity (Wildman–Crippen MR) is 125 cm³/mol. The van der Waals surface area contributed by atoms with Gasteiger partial charge in [0, 0.05) is 12.0 Å². The van der Waals surface area contributed by atoms with Crippen molar-refractivity contribution in [3.63, 3.8) is 0 Å². The highest BCUT2D eigenvalue weighted by Gasteiger charge is 2.23. The average molecular weight is 500 g/mol. The lowest BCUT2D eigenvalue weighted by atomic mass is 10.1. The van der Waals surface area contributed by atoms with Crippen LogP contribution < -0.4 is 9.46 Å². The van der Waals surface area contributed by atoms with Crippen LogP contribution in [-0.4, -0.2) is 46.6 Å². The Morgan fingerprint density at radius 2 is 1.91 bits per heavy atom. The number of thiazole rings is 1. The fraction of sp³-hybridized carbons (Fsp3) is 0.182. The number of aliphatic carboxylic acids is 1. The van der Waals surface area contributed by atoms with E-state index in [9.17, 15) is 18.3 Å². The summed E-state index contributed by atoms with van der Waals surface area (Å²) in [5, 5.41) is 18.1. The Balaban J connectivity index is 1.43. The molecular weight excluding hydrogens is 478 g/mol. The van der Waals surface area contributed by atoms with Crippen molar-refractivity contribution in [3.8, 4) is 16.3 Å². The second-order valence-corrected chi connectivity index (χ2v) is 10.3. The summed E-state index contributed by atoms with van der Waals surface area (Å²) in [6.45, 7) is -0.143. The summed E-state index contributed by atoms with van der Waals surface area (Å²) in [6.07, 6.45) is 2.91. The molecule has 1 unspecified atom stereocenters. The molecule has 4 aromatic rings. The number of aromatic nitrogens is 4. The number of carboxylic acids is 1. The van der Waals surface area contributed by atoms with Gasteiger partial charge >= 0.3 is 5.97 Å². The minimum atomic E-state index is -3.83. The van der Waals surface area contributed by atoms with E-state index in [-0.39, 0.29) is 22.9 Å². The normalized spacial score (nSPS) is 12.4. The van der Waals surface area contributed by atoms with Crippen molar-refractivity contribution >= 4 is 27.3 Å². The molecule has 2 aromatic carbocycles. The summed E-state index contributed by atoms with van der Waals surface area (Å²) < 4.78 is 34.3. The number of methoxy groups -OCH3 is 1. The Labute approximate surface area is 199 Å². The highest BCUT2D eigenvalue weighted by atomic mass is 32.2. The third kappa shape index (κ3) is 5.47. The maximum Gasteiger partial charge on any atom is 0.328 e. The fourth-order valence-electron chi connectivity index (χ4n) is 3.16. The lowest BCUT2D eigenvalue weighted by Gasteiger charge is -2.12. The van der Waals surface area contributed by atoms with E-state index in [0.29, 0.717) is 10.8 Å². The molecule has 0 fully saturated rings. The van der Waals surface area contributed by atoms with Gasteiger partial charge in [-0.25, -0.2) is 27.6 Å². The van der Waals surface area contributed by atoms with E-state index >= 15 is 0 Å². The molecule has 0 saturated carbocycles.